The first-order chi connectivity index (χ1) is 6.59. The Morgan fingerprint density at radius 2 is 1.93 bits per heavy atom. The number of nitrogens with zero attached hydrogens (tertiary/aromatic N) is 1. The fraction of sp³-hybridized carbons (Fsp3) is 0.727. The highest BCUT2D eigenvalue weighted by Gasteiger charge is 2.19. The molecule has 0 aromatic heterocycles. The van der Waals surface area contributed by atoms with Gasteiger partial charge in [0.25, 0.3) is 0 Å². The number of hydrogen-bond acceptors (Lipinski definition) is 2. The Morgan fingerprint density at radius 3 is 2.43 bits per heavy atom. The first-order valence-electron chi connectivity index (χ1n) is 5.22. The molecule has 80 valence electrons. The summed E-state index contributed by atoms with van der Waals surface area (Å²) in [6, 6.07) is 0.529. The van der Waals surface area contributed by atoms with Gasteiger partial charge in [0.15, 0.2) is 0 Å². The largest absolute Gasteiger partial charge is 0.478 e. The summed E-state index contributed by atoms with van der Waals surface area (Å²) in [7, 11) is 1.96. The van der Waals surface area contributed by atoms with Gasteiger partial charge in [-0.1, -0.05) is 6.92 Å². The first kappa shape index (κ1) is 11.1. The van der Waals surface area contributed by atoms with E-state index in [0.717, 1.165) is 5.92 Å². The van der Waals surface area contributed by atoms with Gasteiger partial charge >= 0.3 is 5.97 Å². The van der Waals surface area contributed by atoms with Crippen LogP contribution in [0.1, 0.15) is 32.6 Å². The molecular formula is C11H19NO2. The molecule has 0 radical (unpaired) electrons. The molecule has 0 aromatic rings. The van der Waals surface area contributed by atoms with Gasteiger partial charge in [0.2, 0.25) is 0 Å². The van der Waals surface area contributed by atoms with Gasteiger partial charge in [0, 0.05) is 25.4 Å². The second kappa shape index (κ2) is 5.03. The summed E-state index contributed by atoms with van der Waals surface area (Å²) in [5.74, 6) is -0.0378. The van der Waals surface area contributed by atoms with Crippen LogP contribution < -0.4 is 0 Å². The molecule has 0 aliphatic heterocycles. The standard InChI is InChI=1S/C11H19NO2/c1-9-3-5-10(6-4-9)12(2)8-7-11(13)14/h7-10H,3-6H2,1-2H3,(H,13,14). The van der Waals surface area contributed by atoms with Crippen LogP contribution in [0.3, 0.4) is 0 Å². The monoisotopic (exact) mass is 197 g/mol. The molecule has 0 bridgehead atoms. The van der Waals surface area contributed by atoms with E-state index in [1.165, 1.54) is 31.8 Å². The Morgan fingerprint density at radius 1 is 1.36 bits per heavy atom. The molecule has 0 saturated heterocycles. The number of carboxylic acid groups (broad SMARTS) is 1. The molecule has 0 atom stereocenters. The summed E-state index contributed by atoms with van der Waals surface area (Å²) in [6.45, 7) is 2.28. The molecule has 0 heterocycles. The van der Waals surface area contributed by atoms with Gasteiger partial charge in [-0.25, -0.2) is 4.79 Å². The SMILES string of the molecule is CC1CCC(N(C)C=CC(=O)O)CC1. The molecule has 0 amide bonds. The summed E-state index contributed by atoms with van der Waals surface area (Å²) in [5.41, 5.74) is 0. The molecular weight excluding hydrogens is 178 g/mol. The second-order valence-corrected chi connectivity index (χ2v) is 4.23. The zero-order valence-corrected chi connectivity index (χ0v) is 8.94. The van der Waals surface area contributed by atoms with E-state index >= 15 is 0 Å². The molecule has 0 unspecified atom stereocenters. The van der Waals surface area contributed by atoms with Crippen LogP contribution in [0.5, 0.6) is 0 Å². The summed E-state index contributed by atoms with van der Waals surface area (Å²) in [4.78, 5) is 12.4. The van der Waals surface area contributed by atoms with Crippen molar-refractivity contribution in [3.8, 4) is 0 Å². The van der Waals surface area contributed by atoms with Crippen molar-refractivity contribution >= 4 is 5.97 Å². The summed E-state index contributed by atoms with van der Waals surface area (Å²) in [5, 5.41) is 8.49. The van der Waals surface area contributed by atoms with Crippen molar-refractivity contribution in [2.24, 2.45) is 5.92 Å². The van der Waals surface area contributed by atoms with Crippen molar-refractivity contribution < 1.29 is 9.90 Å². The Balaban J connectivity index is 2.37. The summed E-state index contributed by atoms with van der Waals surface area (Å²) in [6.07, 6.45) is 7.76. The third-order valence-corrected chi connectivity index (χ3v) is 3.01. The zero-order chi connectivity index (χ0) is 10.6. The Kier molecular flexibility index (Phi) is 3.98. The fourth-order valence-corrected chi connectivity index (χ4v) is 1.95. The predicted octanol–water partition coefficient (Wildman–Crippen LogP) is 2.10. The summed E-state index contributed by atoms with van der Waals surface area (Å²) >= 11 is 0. The lowest BCUT2D eigenvalue weighted by Gasteiger charge is -2.32. The highest BCUT2D eigenvalue weighted by atomic mass is 16.4. The highest BCUT2D eigenvalue weighted by Crippen LogP contribution is 2.26. The fourth-order valence-electron chi connectivity index (χ4n) is 1.95. The molecule has 1 aliphatic carbocycles. The number of hydrogen-bond donors (Lipinski definition) is 1. The molecule has 1 fully saturated rings. The van der Waals surface area contributed by atoms with E-state index in [1.54, 1.807) is 6.20 Å². The normalized spacial score (nSPS) is 27.9. The minimum atomic E-state index is -0.874. The minimum absolute atomic E-state index is 0.529. The number of carbonyl (C=O) groups is 1. The second-order valence-electron chi connectivity index (χ2n) is 4.23. The van der Waals surface area contributed by atoms with Crippen molar-refractivity contribution in [1.82, 2.24) is 4.90 Å². The molecule has 1 aliphatic rings. The number of aliphatic carboxylic acids is 1. The maximum atomic E-state index is 10.3. The van der Waals surface area contributed by atoms with Gasteiger partial charge in [-0.3, -0.25) is 0 Å². The molecule has 0 aromatic carbocycles. The van der Waals surface area contributed by atoms with Crippen LogP contribution in [-0.2, 0) is 4.79 Å². The first-order valence-corrected chi connectivity index (χ1v) is 5.22. The van der Waals surface area contributed by atoms with Crippen molar-refractivity contribution in [1.29, 1.82) is 0 Å². The van der Waals surface area contributed by atoms with Crippen LogP contribution in [0.2, 0.25) is 0 Å². The lowest BCUT2D eigenvalue weighted by molar-refractivity contribution is -0.131. The van der Waals surface area contributed by atoms with Gasteiger partial charge in [-0.15, -0.1) is 0 Å². The molecule has 3 nitrogen and oxygen atoms in total. The van der Waals surface area contributed by atoms with Crippen LogP contribution in [0.25, 0.3) is 0 Å². The Hall–Kier alpha value is -0.990. The van der Waals surface area contributed by atoms with Crippen molar-refractivity contribution in [3.63, 3.8) is 0 Å². The zero-order valence-electron chi connectivity index (χ0n) is 8.94. The van der Waals surface area contributed by atoms with E-state index in [9.17, 15) is 4.79 Å². The maximum absolute atomic E-state index is 10.3. The van der Waals surface area contributed by atoms with E-state index in [4.69, 9.17) is 5.11 Å². The smallest absolute Gasteiger partial charge is 0.329 e. The topological polar surface area (TPSA) is 40.5 Å². The highest BCUT2D eigenvalue weighted by molar-refractivity contribution is 5.79. The van der Waals surface area contributed by atoms with Gasteiger partial charge in [-0.05, 0) is 31.6 Å². The maximum Gasteiger partial charge on any atom is 0.329 e. The average molecular weight is 197 g/mol. The Labute approximate surface area is 85.4 Å². The number of rotatable bonds is 3. The molecule has 1 rings (SSSR count). The van der Waals surface area contributed by atoms with Crippen LogP contribution >= 0.6 is 0 Å². The lowest BCUT2D eigenvalue weighted by atomic mass is 9.87. The van der Waals surface area contributed by atoms with Gasteiger partial charge in [0.05, 0.1) is 0 Å². The van der Waals surface area contributed by atoms with Gasteiger partial charge < -0.3 is 10.0 Å². The number of carboxylic acids is 1. The lowest BCUT2D eigenvalue weighted by Crippen LogP contribution is -2.31. The van der Waals surface area contributed by atoms with E-state index in [1.807, 2.05) is 11.9 Å². The predicted molar refractivity (Wildman–Crippen MR) is 56.0 cm³/mol. The van der Waals surface area contributed by atoms with Gasteiger partial charge in [-0.2, -0.15) is 0 Å². The molecule has 1 saturated carbocycles. The van der Waals surface area contributed by atoms with Crippen LogP contribution in [0.15, 0.2) is 12.3 Å². The Bertz CT molecular complexity index is 217. The molecule has 1 N–H and O–H groups in total. The molecule has 3 heteroatoms. The van der Waals surface area contributed by atoms with E-state index in [-0.39, 0.29) is 0 Å². The van der Waals surface area contributed by atoms with Crippen molar-refractivity contribution in [2.45, 2.75) is 38.6 Å². The van der Waals surface area contributed by atoms with E-state index < -0.39 is 5.97 Å². The minimum Gasteiger partial charge on any atom is -0.478 e. The van der Waals surface area contributed by atoms with Crippen molar-refractivity contribution in [3.05, 3.63) is 12.3 Å². The van der Waals surface area contributed by atoms with Gasteiger partial charge in [0.1, 0.15) is 0 Å². The van der Waals surface area contributed by atoms with E-state index in [0.29, 0.717) is 6.04 Å². The summed E-state index contributed by atoms with van der Waals surface area (Å²) < 4.78 is 0. The van der Waals surface area contributed by atoms with Crippen molar-refractivity contribution in [2.75, 3.05) is 7.05 Å². The van der Waals surface area contributed by atoms with E-state index in [2.05, 4.69) is 6.92 Å². The third kappa shape index (κ3) is 3.40. The molecule has 14 heavy (non-hydrogen) atoms. The average Bonchev–Trinajstić information content (AvgIpc) is 2.15. The van der Waals surface area contributed by atoms with Crippen LogP contribution in [-0.4, -0.2) is 29.1 Å². The molecule has 0 spiro atoms. The van der Waals surface area contributed by atoms with Crippen LogP contribution in [0, 0.1) is 5.92 Å². The quantitative estimate of drug-likeness (QED) is 0.704. The third-order valence-electron chi connectivity index (χ3n) is 3.01. The van der Waals surface area contributed by atoms with Crippen LogP contribution in [0.4, 0.5) is 0 Å².